The van der Waals surface area contributed by atoms with E-state index in [-0.39, 0.29) is 22.3 Å². The normalized spacial score (nSPS) is 16.0. The summed E-state index contributed by atoms with van der Waals surface area (Å²) >= 11 is 5.98. The van der Waals surface area contributed by atoms with E-state index in [1.165, 1.54) is 18.2 Å². The molecule has 110 valence electrons. The van der Waals surface area contributed by atoms with Gasteiger partial charge in [0.05, 0.1) is 5.56 Å². The zero-order valence-electron chi connectivity index (χ0n) is 11.4. The topological polar surface area (TPSA) is 54.9 Å². The third-order valence-electron chi connectivity index (χ3n) is 3.94. The Morgan fingerprint density at radius 2 is 2.00 bits per heavy atom. The third kappa shape index (κ3) is 2.42. The summed E-state index contributed by atoms with van der Waals surface area (Å²) in [6.45, 7) is 1.83. The van der Waals surface area contributed by atoms with E-state index >= 15 is 0 Å². The number of nitrogens with one attached hydrogen (secondary N) is 1. The lowest BCUT2D eigenvalue weighted by Gasteiger charge is -2.15. The molecule has 1 N–H and O–H groups in total. The van der Waals surface area contributed by atoms with Crippen molar-refractivity contribution in [3.8, 4) is 11.1 Å². The summed E-state index contributed by atoms with van der Waals surface area (Å²) in [6, 6.07) is 5.66. The molecule has 3 rings (SSSR count). The van der Waals surface area contributed by atoms with E-state index in [9.17, 15) is 14.0 Å². The smallest absolute Gasteiger partial charge is 0.297 e. The van der Waals surface area contributed by atoms with E-state index in [4.69, 9.17) is 11.6 Å². The van der Waals surface area contributed by atoms with Crippen LogP contribution in [0.25, 0.3) is 11.1 Å². The number of halogens is 2. The van der Waals surface area contributed by atoms with Gasteiger partial charge in [0, 0.05) is 11.6 Å². The zero-order chi connectivity index (χ0) is 15.1. The highest BCUT2D eigenvalue weighted by Crippen LogP contribution is 2.38. The zero-order valence-corrected chi connectivity index (χ0v) is 12.2. The van der Waals surface area contributed by atoms with Gasteiger partial charge in [-0.3, -0.25) is 14.3 Å². The van der Waals surface area contributed by atoms with Gasteiger partial charge in [-0.2, -0.15) is 0 Å². The highest BCUT2D eigenvalue weighted by molar-refractivity contribution is 6.32. The third-order valence-corrected chi connectivity index (χ3v) is 4.23. The largest absolute Gasteiger partial charge is 0.329 e. The lowest BCUT2D eigenvalue weighted by atomic mass is 10.1. The molecule has 0 radical (unpaired) electrons. The quantitative estimate of drug-likeness (QED) is 0.886. The molecule has 6 heteroatoms. The number of benzene rings is 1. The molecule has 1 aliphatic rings. The molecule has 1 aliphatic carbocycles. The van der Waals surface area contributed by atoms with Crippen LogP contribution >= 0.6 is 11.6 Å². The molecule has 4 nitrogen and oxygen atoms in total. The Hall–Kier alpha value is -1.88. The van der Waals surface area contributed by atoms with E-state index in [2.05, 4.69) is 4.98 Å². The maximum atomic E-state index is 13.9. The molecule has 21 heavy (non-hydrogen) atoms. The molecular formula is C15H14ClFN2O2. The van der Waals surface area contributed by atoms with Crippen molar-refractivity contribution < 1.29 is 4.39 Å². The first-order chi connectivity index (χ1) is 10.0. The fourth-order valence-electron chi connectivity index (χ4n) is 2.58. The molecule has 1 atom stereocenters. The second-order valence-corrected chi connectivity index (χ2v) is 5.73. The van der Waals surface area contributed by atoms with Crippen LogP contribution in [-0.2, 0) is 0 Å². The van der Waals surface area contributed by atoms with Gasteiger partial charge in [0.1, 0.15) is 11.0 Å². The Bertz CT molecular complexity index is 808. The van der Waals surface area contributed by atoms with Crippen LogP contribution in [0.2, 0.25) is 5.15 Å². The van der Waals surface area contributed by atoms with Gasteiger partial charge in [-0.1, -0.05) is 29.8 Å². The van der Waals surface area contributed by atoms with Crippen molar-refractivity contribution >= 4 is 11.6 Å². The van der Waals surface area contributed by atoms with Gasteiger partial charge in [0.25, 0.3) is 5.56 Å². The Balaban J connectivity index is 2.27. The maximum Gasteiger partial charge on any atom is 0.329 e. The molecule has 0 bridgehead atoms. The fraction of sp³-hybridized carbons (Fsp3) is 0.333. The molecule has 0 spiro atoms. The summed E-state index contributed by atoms with van der Waals surface area (Å²) in [4.78, 5) is 27.1. The van der Waals surface area contributed by atoms with Crippen LogP contribution in [0.5, 0.6) is 0 Å². The number of H-pyrrole nitrogens is 1. The van der Waals surface area contributed by atoms with Crippen LogP contribution in [0.4, 0.5) is 4.39 Å². The predicted molar refractivity (Wildman–Crippen MR) is 79.2 cm³/mol. The van der Waals surface area contributed by atoms with Crippen LogP contribution in [0.3, 0.4) is 0 Å². The van der Waals surface area contributed by atoms with Gasteiger partial charge in [-0.25, -0.2) is 9.18 Å². The van der Waals surface area contributed by atoms with Crippen LogP contribution < -0.4 is 11.2 Å². The van der Waals surface area contributed by atoms with Crippen molar-refractivity contribution in [3.05, 3.63) is 56.1 Å². The first kappa shape index (κ1) is 14.1. The lowest BCUT2D eigenvalue weighted by molar-refractivity contribution is 0.452. The molecule has 0 saturated heterocycles. The standard InChI is InChI=1S/C15H14ClFN2O2/c1-8(9-6-7-9)19-14(20)12(13(16)18-15(19)21)10-4-2-3-5-11(10)17/h2-5,8-9H,6-7H2,1H3,(H,18,21). The van der Waals surface area contributed by atoms with Gasteiger partial charge in [0.2, 0.25) is 0 Å². The van der Waals surface area contributed by atoms with Gasteiger partial charge in [0.15, 0.2) is 0 Å². The van der Waals surface area contributed by atoms with Crippen molar-refractivity contribution in [1.29, 1.82) is 0 Å². The molecule has 0 amide bonds. The molecule has 1 unspecified atom stereocenters. The SMILES string of the molecule is CC(C1CC1)n1c(=O)[nH]c(Cl)c(-c2ccccc2F)c1=O. The Labute approximate surface area is 125 Å². The van der Waals surface area contributed by atoms with Crippen LogP contribution in [0, 0.1) is 11.7 Å². The van der Waals surface area contributed by atoms with E-state index < -0.39 is 17.1 Å². The molecule has 1 fully saturated rings. The van der Waals surface area contributed by atoms with Crippen LogP contribution in [0.1, 0.15) is 25.8 Å². The van der Waals surface area contributed by atoms with E-state index in [0.717, 1.165) is 17.4 Å². The number of hydrogen-bond donors (Lipinski definition) is 1. The molecule has 1 heterocycles. The average Bonchev–Trinajstić information content (AvgIpc) is 3.24. The second-order valence-electron chi connectivity index (χ2n) is 5.35. The van der Waals surface area contributed by atoms with Crippen molar-refractivity contribution in [2.45, 2.75) is 25.8 Å². The summed E-state index contributed by atoms with van der Waals surface area (Å²) in [7, 11) is 0. The Morgan fingerprint density at radius 1 is 1.33 bits per heavy atom. The summed E-state index contributed by atoms with van der Waals surface area (Å²) < 4.78 is 15.1. The number of nitrogens with zero attached hydrogens (tertiary/aromatic N) is 1. The first-order valence-electron chi connectivity index (χ1n) is 6.80. The second kappa shape index (κ2) is 5.15. The first-order valence-corrected chi connectivity index (χ1v) is 7.17. The molecule has 1 aromatic carbocycles. The summed E-state index contributed by atoms with van der Waals surface area (Å²) in [5.41, 5.74) is -1.000. The number of rotatable bonds is 3. The van der Waals surface area contributed by atoms with Gasteiger partial charge < -0.3 is 0 Å². The minimum Gasteiger partial charge on any atom is -0.297 e. The van der Waals surface area contributed by atoms with Gasteiger partial charge in [-0.05, 0) is 31.7 Å². The number of aromatic nitrogens is 2. The molecule has 0 aliphatic heterocycles. The molecule has 2 aromatic rings. The monoisotopic (exact) mass is 308 g/mol. The van der Waals surface area contributed by atoms with Crippen LogP contribution in [-0.4, -0.2) is 9.55 Å². The predicted octanol–water partition coefficient (Wildman–Crippen LogP) is 2.97. The summed E-state index contributed by atoms with van der Waals surface area (Å²) in [5, 5.41) is -0.130. The Morgan fingerprint density at radius 3 is 2.62 bits per heavy atom. The average molecular weight is 309 g/mol. The highest BCUT2D eigenvalue weighted by atomic mass is 35.5. The maximum absolute atomic E-state index is 13.9. The minimum atomic E-state index is -0.551. The van der Waals surface area contributed by atoms with E-state index in [1.54, 1.807) is 6.07 Å². The summed E-state index contributed by atoms with van der Waals surface area (Å²) in [5.74, 6) is -0.229. The molecule has 1 saturated carbocycles. The van der Waals surface area contributed by atoms with Crippen molar-refractivity contribution in [1.82, 2.24) is 9.55 Å². The molecular weight excluding hydrogens is 295 g/mol. The number of aromatic amines is 1. The lowest BCUT2D eigenvalue weighted by Crippen LogP contribution is -2.39. The highest BCUT2D eigenvalue weighted by Gasteiger charge is 2.32. The minimum absolute atomic E-state index is 0.00173. The van der Waals surface area contributed by atoms with Crippen molar-refractivity contribution in [2.75, 3.05) is 0 Å². The van der Waals surface area contributed by atoms with E-state index in [1.807, 2.05) is 6.92 Å². The van der Waals surface area contributed by atoms with Gasteiger partial charge in [-0.15, -0.1) is 0 Å². The number of hydrogen-bond acceptors (Lipinski definition) is 2. The fourth-order valence-corrected chi connectivity index (χ4v) is 2.84. The van der Waals surface area contributed by atoms with Crippen LogP contribution in [0.15, 0.2) is 33.9 Å². The van der Waals surface area contributed by atoms with E-state index in [0.29, 0.717) is 5.92 Å². The van der Waals surface area contributed by atoms with Gasteiger partial charge >= 0.3 is 5.69 Å². The van der Waals surface area contributed by atoms with Crippen molar-refractivity contribution in [2.24, 2.45) is 5.92 Å². The molecule has 1 aromatic heterocycles. The summed E-state index contributed by atoms with van der Waals surface area (Å²) in [6.07, 6.45) is 1.98. The van der Waals surface area contributed by atoms with Crippen molar-refractivity contribution in [3.63, 3.8) is 0 Å². The Kier molecular flexibility index (Phi) is 3.45.